The van der Waals surface area contributed by atoms with Gasteiger partial charge in [0.1, 0.15) is 5.82 Å². The first-order valence-electron chi connectivity index (χ1n) is 6.90. The molecule has 108 valence electrons. The molecule has 3 N–H and O–H groups in total. The summed E-state index contributed by atoms with van der Waals surface area (Å²) in [7, 11) is 0. The van der Waals surface area contributed by atoms with Crippen molar-refractivity contribution in [3.63, 3.8) is 0 Å². The molecule has 3 rings (SSSR count). The maximum Gasteiger partial charge on any atom is 0.204 e. The highest BCUT2D eigenvalue weighted by molar-refractivity contribution is 5.77. The number of hydrogen-bond acceptors (Lipinski definition) is 3. The summed E-state index contributed by atoms with van der Waals surface area (Å²) >= 11 is 0. The van der Waals surface area contributed by atoms with Gasteiger partial charge in [0.25, 0.3) is 0 Å². The molecule has 0 aliphatic carbocycles. The molecular formula is C16H17FN4. The Morgan fingerprint density at radius 1 is 1.14 bits per heavy atom. The minimum absolute atomic E-state index is 0.272. The smallest absolute Gasteiger partial charge is 0.204 e. The molecule has 1 heterocycles. The van der Waals surface area contributed by atoms with E-state index in [2.05, 4.69) is 27.0 Å². The summed E-state index contributed by atoms with van der Waals surface area (Å²) in [6, 6.07) is 14.7. The van der Waals surface area contributed by atoms with Crippen LogP contribution in [0, 0.1) is 5.82 Å². The standard InChI is InChI=1S/C16H17FN4/c17-13-6-7-14-15(10-13)20-16(19-14)21(9-8-18)11-12-4-2-1-3-5-12/h1-7,10H,8-9,11,18H2,(H,19,20). The van der Waals surface area contributed by atoms with Crippen molar-refractivity contribution < 1.29 is 4.39 Å². The third-order valence-corrected chi connectivity index (χ3v) is 3.35. The van der Waals surface area contributed by atoms with Crippen LogP contribution in [0.15, 0.2) is 48.5 Å². The lowest BCUT2D eigenvalue weighted by Gasteiger charge is -2.21. The molecule has 0 bridgehead atoms. The summed E-state index contributed by atoms with van der Waals surface area (Å²) in [5.41, 5.74) is 8.32. The minimum atomic E-state index is -0.272. The molecular weight excluding hydrogens is 267 g/mol. The van der Waals surface area contributed by atoms with Crippen LogP contribution in [0.5, 0.6) is 0 Å². The lowest BCUT2D eigenvalue weighted by atomic mass is 10.2. The molecule has 0 radical (unpaired) electrons. The summed E-state index contributed by atoms with van der Waals surface area (Å²) in [6.07, 6.45) is 0. The monoisotopic (exact) mass is 284 g/mol. The molecule has 0 fully saturated rings. The first kappa shape index (κ1) is 13.6. The lowest BCUT2D eigenvalue weighted by molar-refractivity contribution is 0.629. The highest BCUT2D eigenvalue weighted by atomic mass is 19.1. The van der Waals surface area contributed by atoms with Gasteiger partial charge in [0.05, 0.1) is 11.0 Å². The maximum absolute atomic E-state index is 13.3. The first-order chi connectivity index (χ1) is 10.3. The second-order valence-electron chi connectivity index (χ2n) is 4.92. The third kappa shape index (κ3) is 3.03. The predicted molar refractivity (Wildman–Crippen MR) is 82.6 cm³/mol. The zero-order valence-corrected chi connectivity index (χ0v) is 11.6. The minimum Gasteiger partial charge on any atom is -0.337 e. The molecule has 0 aliphatic rings. The van der Waals surface area contributed by atoms with Crippen LogP contribution < -0.4 is 10.6 Å². The van der Waals surface area contributed by atoms with Crippen molar-refractivity contribution in [3.8, 4) is 0 Å². The summed E-state index contributed by atoms with van der Waals surface area (Å²) in [4.78, 5) is 9.74. The number of nitrogens with zero attached hydrogens (tertiary/aromatic N) is 2. The summed E-state index contributed by atoms with van der Waals surface area (Å²) in [5, 5.41) is 0. The van der Waals surface area contributed by atoms with Gasteiger partial charge in [-0.2, -0.15) is 0 Å². The third-order valence-electron chi connectivity index (χ3n) is 3.35. The van der Waals surface area contributed by atoms with Crippen molar-refractivity contribution in [1.29, 1.82) is 0 Å². The fourth-order valence-corrected chi connectivity index (χ4v) is 2.34. The average molecular weight is 284 g/mol. The Kier molecular flexibility index (Phi) is 3.83. The lowest BCUT2D eigenvalue weighted by Crippen LogP contribution is -2.29. The van der Waals surface area contributed by atoms with Crippen LogP contribution in [0.25, 0.3) is 11.0 Å². The van der Waals surface area contributed by atoms with Gasteiger partial charge in [-0.1, -0.05) is 30.3 Å². The molecule has 0 spiro atoms. The Balaban J connectivity index is 1.91. The second kappa shape index (κ2) is 5.93. The van der Waals surface area contributed by atoms with Gasteiger partial charge in [0.15, 0.2) is 0 Å². The zero-order valence-electron chi connectivity index (χ0n) is 11.6. The Bertz CT molecular complexity index is 723. The maximum atomic E-state index is 13.3. The van der Waals surface area contributed by atoms with Crippen molar-refractivity contribution in [3.05, 3.63) is 59.9 Å². The van der Waals surface area contributed by atoms with Gasteiger partial charge in [-0.25, -0.2) is 9.37 Å². The van der Waals surface area contributed by atoms with Gasteiger partial charge < -0.3 is 15.6 Å². The number of halogens is 1. The van der Waals surface area contributed by atoms with Crippen LogP contribution in [0.3, 0.4) is 0 Å². The molecule has 1 aromatic heterocycles. The number of nitrogens with two attached hydrogens (primary N) is 1. The number of H-pyrrole nitrogens is 1. The number of nitrogens with one attached hydrogen (secondary N) is 1. The molecule has 0 saturated carbocycles. The van der Waals surface area contributed by atoms with E-state index in [1.54, 1.807) is 6.07 Å². The molecule has 0 saturated heterocycles. The van der Waals surface area contributed by atoms with Crippen LogP contribution in [-0.2, 0) is 6.54 Å². The Morgan fingerprint density at radius 3 is 2.71 bits per heavy atom. The quantitative estimate of drug-likeness (QED) is 0.757. The average Bonchev–Trinajstić information content (AvgIpc) is 2.91. The molecule has 4 nitrogen and oxygen atoms in total. The fourth-order valence-electron chi connectivity index (χ4n) is 2.34. The Labute approximate surface area is 122 Å². The summed E-state index contributed by atoms with van der Waals surface area (Å²) in [5.74, 6) is 0.441. The van der Waals surface area contributed by atoms with Crippen molar-refractivity contribution in [2.75, 3.05) is 18.0 Å². The number of anilines is 1. The highest BCUT2D eigenvalue weighted by Crippen LogP contribution is 2.19. The largest absolute Gasteiger partial charge is 0.337 e. The van der Waals surface area contributed by atoms with E-state index in [0.29, 0.717) is 31.1 Å². The number of hydrogen-bond donors (Lipinski definition) is 2. The van der Waals surface area contributed by atoms with Crippen LogP contribution in [0.1, 0.15) is 5.56 Å². The van der Waals surface area contributed by atoms with E-state index in [-0.39, 0.29) is 5.82 Å². The summed E-state index contributed by atoms with van der Waals surface area (Å²) in [6.45, 7) is 1.91. The van der Waals surface area contributed by atoms with E-state index < -0.39 is 0 Å². The number of imidazole rings is 1. The zero-order chi connectivity index (χ0) is 14.7. The van der Waals surface area contributed by atoms with Gasteiger partial charge in [0, 0.05) is 19.6 Å². The fraction of sp³-hybridized carbons (Fsp3) is 0.188. The molecule has 0 atom stereocenters. The van der Waals surface area contributed by atoms with Crippen LogP contribution >= 0.6 is 0 Å². The topological polar surface area (TPSA) is 57.9 Å². The van der Waals surface area contributed by atoms with Gasteiger partial charge in [-0.3, -0.25) is 0 Å². The number of aromatic nitrogens is 2. The molecule has 21 heavy (non-hydrogen) atoms. The van der Waals surface area contributed by atoms with Crippen molar-refractivity contribution in [2.24, 2.45) is 5.73 Å². The molecule has 2 aromatic carbocycles. The number of rotatable bonds is 5. The van der Waals surface area contributed by atoms with Gasteiger partial charge in [0.2, 0.25) is 5.95 Å². The van der Waals surface area contributed by atoms with Gasteiger partial charge >= 0.3 is 0 Å². The van der Waals surface area contributed by atoms with Gasteiger partial charge in [-0.05, 0) is 23.8 Å². The van der Waals surface area contributed by atoms with E-state index in [4.69, 9.17) is 5.73 Å². The van der Waals surface area contributed by atoms with E-state index in [1.165, 1.54) is 17.7 Å². The highest BCUT2D eigenvalue weighted by Gasteiger charge is 2.12. The number of benzene rings is 2. The van der Waals surface area contributed by atoms with Crippen molar-refractivity contribution >= 4 is 17.0 Å². The molecule has 0 unspecified atom stereocenters. The van der Waals surface area contributed by atoms with Gasteiger partial charge in [-0.15, -0.1) is 0 Å². The Hall–Kier alpha value is -2.40. The summed E-state index contributed by atoms with van der Waals surface area (Å²) < 4.78 is 13.3. The Morgan fingerprint density at radius 2 is 1.95 bits per heavy atom. The molecule has 3 aromatic rings. The van der Waals surface area contributed by atoms with Crippen LogP contribution in [-0.4, -0.2) is 23.1 Å². The van der Waals surface area contributed by atoms with Crippen molar-refractivity contribution in [1.82, 2.24) is 9.97 Å². The normalized spacial score (nSPS) is 11.0. The first-order valence-corrected chi connectivity index (χ1v) is 6.90. The second-order valence-corrected chi connectivity index (χ2v) is 4.92. The number of aromatic amines is 1. The number of fused-ring (bicyclic) bond motifs is 1. The van der Waals surface area contributed by atoms with Crippen molar-refractivity contribution in [2.45, 2.75) is 6.54 Å². The molecule has 0 aliphatic heterocycles. The van der Waals surface area contributed by atoms with Crippen LogP contribution in [0.2, 0.25) is 0 Å². The van der Waals surface area contributed by atoms with Crippen LogP contribution in [0.4, 0.5) is 10.3 Å². The molecule has 0 amide bonds. The van der Waals surface area contributed by atoms with E-state index in [1.807, 2.05) is 18.2 Å². The predicted octanol–water partition coefficient (Wildman–Crippen LogP) is 2.67. The van der Waals surface area contributed by atoms with E-state index in [0.717, 1.165) is 5.52 Å². The SMILES string of the molecule is NCCN(Cc1ccccc1)c1nc2ccc(F)cc2[nH]1. The van der Waals surface area contributed by atoms with E-state index in [9.17, 15) is 4.39 Å². The molecule has 5 heteroatoms. The van der Waals surface area contributed by atoms with E-state index >= 15 is 0 Å².